The Morgan fingerprint density at radius 1 is 1.03 bits per heavy atom. The van der Waals surface area contributed by atoms with E-state index in [4.69, 9.17) is 4.74 Å². The molecule has 29 heavy (non-hydrogen) atoms. The Morgan fingerprint density at radius 2 is 1.72 bits per heavy atom. The average molecular weight is 402 g/mol. The molecule has 2 fully saturated rings. The van der Waals surface area contributed by atoms with Crippen LogP contribution in [0, 0.1) is 0 Å². The van der Waals surface area contributed by atoms with E-state index in [0.29, 0.717) is 13.0 Å². The largest absolute Gasteiger partial charge is 0.444 e. The first kappa shape index (κ1) is 21.6. The second-order valence-electron chi connectivity index (χ2n) is 9.36. The zero-order valence-corrected chi connectivity index (χ0v) is 18.1. The van der Waals surface area contributed by atoms with Gasteiger partial charge in [-0.05, 0) is 65.0 Å². The van der Waals surface area contributed by atoms with E-state index < -0.39 is 17.2 Å². The number of ether oxygens (including phenoxy) is 1. The molecule has 0 spiro atoms. The fourth-order valence-electron chi connectivity index (χ4n) is 4.35. The molecule has 0 bridgehead atoms. The van der Waals surface area contributed by atoms with Gasteiger partial charge in [0.25, 0.3) is 0 Å². The number of likely N-dealkylation sites (tertiary alicyclic amines) is 2. The number of nitrogens with one attached hydrogen (secondary N) is 1. The summed E-state index contributed by atoms with van der Waals surface area (Å²) in [4.78, 5) is 30.5. The maximum atomic E-state index is 13.6. The van der Waals surface area contributed by atoms with Crippen molar-refractivity contribution in [2.75, 3.05) is 26.2 Å². The molecule has 2 saturated heterocycles. The highest BCUT2D eigenvalue weighted by atomic mass is 16.6. The summed E-state index contributed by atoms with van der Waals surface area (Å²) < 4.78 is 5.52. The second kappa shape index (κ2) is 9.16. The van der Waals surface area contributed by atoms with Gasteiger partial charge in [-0.3, -0.25) is 9.69 Å². The molecule has 2 heterocycles. The number of piperidine rings is 2. The van der Waals surface area contributed by atoms with Crippen LogP contribution in [0.5, 0.6) is 0 Å². The van der Waals surface area contributed by atoms with E-state index in [-0.39, 0.29) is 5.91 Å². The van der Waals surface area contributed by atoms with E-state index >= 15 is 0 Å². The van der Waals surface area contributed by atoms with E-state index in [2.05, 4.69) is 22.3 Å². The minimum absolute atomic E-state index is 0.0424. The fraction of sp³-hybridized carbons (Fsp3) is 0.652. The molecule has 1 atom stereocenters. The van der Waals surface area contributed by atoms with Crippen LogP contribution in [-0.4, -0.2) is 59.1 Å². The summed E-state index contributed by atoms with van der Waals surface area (Å²) in [5, 5.41) is 3.01. The summed E-state index contributed by atoms with van der Waals surface area (Å²) >= 11 is 0. The molecule has 0 aromatic heterocycles. The molecule has 0 saturated carbocycles. The quantitative estimate of drug-likeness (QED) is 0.838. The summed E-state index contributed by atoms with van der Waals surface area (Å²) in [7, 11) is 0. The number of carbonyl (C=O) groups excluding carboxylic acids is 2. The lowest BCUT2D eigenvalue weighted by molar-refractivity contribution is -0.142. The molecule has 2 aliphatic rings. The molecule has 0 radical (unpaired) electrons. The topological polar surface area (TPSA) is 61.9 Å². The predicted molar refractivity (Wildman–Crippen MR) is 113 cm³/mol. The summed E-state index contributed by atoms with van der Waals surface area (Å²) in [6.07, 6.45) is 4.22. The zero-order chi connectivity index (χ0) is 20.9. The summed E-state index contributed by atoms with van der Waals surface area (Å²) in [6.45, 7) is 9.27. The molecular weight excluding hydrogens is 366 g/mol. The number of benzene rings is 1. The van der Waals surface area contributed by atoms with E-state index in [1.165, 1.54) is 5.56 Å². The third-order valence-corrected chi connectivity index (χ3v) is 5.61. The Bertz CT molecular complexity index is 695. The van der Waals surface area contributed by atoms with Crippen molar-refractivity contribution in [2.24, 2.45) is 0 Å². The molecule has 1 N–H and O–H groups in total. The third-order valence-electron chi connectivity index (χ3n) is 5.61. The van der Waals surface area contributed by atoms with Gasteiger partial charge in [-0.2, -0.15) is 0 Å². The first-order valence-electron chi connectivity index (χ1n) is 10.8. The molecule has 6 nitrogen and oxygen atoms in total. The highest BCUT2D eigenvalue weighted by Gasteiger charge is 2.46. The summed E-state index contributed by atoms with van der Waals surface area (Å²) in [5.41, 5.74) is -0.309. The van der Waals surface area contributed by atoms with Crippen LogP contribution >= 0.6 is 0 Å². The molecule has 2 aliphatic heterocycles. The number of hydrogen-bond acceptors (Lipinski definition) is 4. The third kappa shape index (κ3) is 5.95. The van der Waals surface area contributed by atoms with Gasteiger partial charge in [0, 0.05) is 26.2 Å². The van der Waals surface area contributed by atoms with E-state index in [1.54, 1.807) is 0 Å². The summed E-state index contributed by atoms with van der Waals surface area (Å²) in [5.74, 6) is 0.0424. The van der Waals surface area contributed by atoms with Gasteiger partial charge in [-0.15, -0.1) is 0 Å². The number of alkyl carbamates (subject to hydrolysis) is 1. The van der Waals surface area contributed by atoms with Gasteiger partial charge in [0.2, 0.25) is 5.91 Å². The minimum Gasteiger partial charge on any atom is -0.444 e. The van der Waals surface area contributed by atoms with Crippen LogP contribution < -0.4 is 5.32 Å². The van der Waals surface area contributed by atoms with Crippen LogP contribution in [0.25, 0.3) is 0 Å². The number of nitrogens with zero attached hydrogens (tertiary/aromatic N) is 2. The van der Waals surface area contributed by atoms with Crippen molar-refractivity contribution in [3.8, 4) is 0 Å². The Hall–Kier alpha value is -2.08. The van der Waals surface area contributed by atoms with Crippen LogP contribution in [0.4, 0.5) is 4.79 Å². The van der Waals surface area contributed by atoms with Crippen LogP contribution in [0.1, 0.15) is 58.4 Å². The predicted octanol–water partition coefficient (Wildman–Crippen LogP) is 3.56. The van der Waals surface area contributed by atoms with Crippen molar-refractivity contribution in [3.05, 3.63) is 35.9 Å². The molecular formula is C23H35N3O3. The van der Waals surface area contributed by atoms with Gasteiger partial charge in [0.1, 0.15) is 11.1 Å². The molecule has 160 valence electrons. The van der Waals surface area contributed by atoms with Crippen molar-refractivity contribution in [1.82, 2.24) is 15.1 Å². The highest BCUT2D eigenvalue weighted by Crippen LogP contribution is 2.27. The summed E-state index contributed by atoms with van der Waals surface area (Å²) in [6, 6.07) is 10.3. The van der Waals surface area contributed by atoms with Crippen LogP contribution in [0.3, 0.4) is 0 Å². The van der Waals surface area contributed by atoms with Gasteiger partial charge in [-0.1, -0.05) is 30.3 Å². The maximum absolute atomic E-state index is 13.6. The van der Waals surface area contributed by atoms with Gasteiger partial charge in [-0.25, -0.2) is 4.79 Å². The minimum atomic E-state index is -0.924. The van der Waals surface area contributed by atoms with Gasteiger partial charge in [0.05, 0.1) is 0 Å². The Labute approximate surface area is 174 Å². The van der Waals surface area contributed by atoms with Crippen molar-refractivity contribution in [2.45, 2.75) is 70.6 Å². The number of carbonyl (C=O) groups is 2. The Balaban J connectivity index is 1.79. The smallest absolute Gasteiger partial charge is 0.408 e. The SMILES string of the molecule is CC(C)(C)OC(=O)NC1(C(=O)N2CCCCC2)CCCN(Cc2ccccc2)C1. The molecule has 2 amide bonds. The lowest BCUT2D eigenvalue weighted by Gasteiger charge is -2.45. The van der Waals surface area contributed by atoms with Crippen LogP contribution in [0.2, 0.25) is 0 Å². The van der Waals surface area contributed by atoms with E-state index in [1.807, 2.05) is 43.9 Å². The fourth-order valence-corrected chi connectivity index (χ4v) is 4.35. The highest BCUT2D eigenvalue weighted by molar-refractivity contribution is 5.90. The molecule has 3 rings (SSSR count). The Morgan fingerprint density at radius 3 is 2.38 bits per heavy atom. The number of hydrogen-bond donors (Lipinski definition) is 1. The maximum Gasteiger partial charge on any atom is 0.408 e. The van der Waals surface area contributed by atoms with Crippen molar-refractivity contribution in [1.29, 1.82) is 0 Å². The molecule has 1 aromatic carbocycles. The van der Waals surface area contributed by atoms with Crippen LogP contribution in [0.15, 0.2) is 30.3 Å². The number of rotatable bonds is 4. The van der Waals surface area contributed by atoms with Crippen molar-refractivity contribution < 1.29 is 14.3 Å². The first-order valence-corrected chi connectivity index (χ1v) is 10.8. The van der Waals surface area contributed by atoms with Gasteiger partial charge < -0.3 is 15.0 Å². The second-order valence-corrected chi connectivity index (χ2v) is 9.36. The normalized spacial score (nSPS) is 23.5. The zero-order valence-electron chi connectivity index (χ0n) is 18.1. The average Bonchev–Trinajstić information content (AvgIpc) is 2.67. The van der Waals surface area contributed by atoms with E-state index in [0.717, 1.165) is 51.9 Å². The molecule has 6 heteroatoms. The Kier molecular flexibility index (Phi) is 6.83. The molecule has 1 aromatic rings. The van der Waals surface area contributed by atoms with E-state index in [9.17, 15) is 9.59 Å². The molecule has 0 aliphatic carbocycles. The first-order chi connectivity index (χ1) is 13.8. The monoisotopic (exact) mass is 401 g/mol. The lowest BCUT2D eigenvalue weighted by Crippen LogP contribution is -2.67. The van der Waals surface area contributed by atoms with Gasteiger partial charge >= 0.3 is 6.09 Å². The number of amides is 2. The van der Waals surface area contributed by atoms with Crippen molar-refractivity contribution in [3.63, 3.8) is 0 Å². The lowest BCUT2D eigenvalue weighted by atomic mass is 9.86. The van der Waals surface area contributed by atoms with Crippen LogP contribution in [-0.2, 0) is 16.1 Å². The molecule has 1 unspecified atom stereocenters. The standard InChI is InChI=1S/C23H35N3O3/c1-22(2,3)29-21(28)24-23(20(27)26-15-8-5-9-16-26)13-10-14-25(18-23)17-19-11-6-4-7-12-19/h4,6-7,11-12H,5,8-10,13-18H2,1-3H3,(H,24,28). The van der Waals surface area contributed by atoms with Gasteiger partial charge in [0.15, 0.2) is 0 Å². The van der Waals surface area contributed by atoms with Crippen molar-refractivity contribution >= 4 is 12.0 Å².